The fourth-order valence-electron chi connectivity index (χ4n) is 2.54. The molecule has 1 saturated carbocycles. The molecule has 1 aliphatic rings. The normalized spacial score (nSPS) is 14.3. The molecule has 1 N–H and O–H groups in total. The summed E-state index contributed by atoms with van der Waals surface area (Å²) in [4.78, 5) is 21.0. The van der Waals surface area contributed by atoms with E-state index in [2.05, 4.69) is 22.0 Å². The van der Waals surface area contributed by atoms with Gasteiger partial charge < -0.3 is 4.74 Å². The number of hydrogen-bond acceptors (Lipinski definition) is 4. The van der Waals surface area contributed by atoms with Crippen LogP contribution < -0.4 is 10.3 Å². The van der Waals surface area contributed by atoms with Crippen molar-refractivity contribution >= 4 is 5.78 Å². The number of nitrogens with one attached hydrogen (secondary N) is 1. The number of rotatable bonds is 5. The minimum atomic E-state index is -0.158. The maximum atomic E-state index is 12.1. The van der Waals surface area contributed by atoms with Crippen LogP contribution in [0.1, 0.15) is 42.8 Å². The summed E-state index contributed by atoms with van der Waals surface area (Å²) in [6.45, 7) is 2.37. The molecule has 0 saturated heterocycles. The molecule has 0 aliphatic heterocycles. The molecule has 1 aromatic carbocycles. The van der Waals surface area contributed by atoms with Crippen LogP contribution in [0.25, 0.3) is 5.78 Å². The zero-order chi connectivity index (χ0) is 15.8. The van der Waals surface area contributed by atoms with Crippen LogP contribution >= 0.6 is 0 Å². The molecule has 118 valence electrons. The summed E-state index contributed by atoms with van der Waals surface area (Å²) in [6.07, 6.45) is 3.24. The number of aromatic nitrogens is 4. The van der Waals surface area contributed by atoms with Crippen molar-refractivity contribution in [1.29, 1.82) is 0 Å². The number of ether oxygens (including phenoxy) is 1. The van der Waals surface area contributed by atoms with E-state index in [9.17, 15) is 4.79 Å². The Balaban J connectivity index is 1.54. The van der Waals surface area contributed by atoms with Crippen LogP contribution in [0.2, 0.25) is 0 Å². The molecule has 0 bridgehead atoms. The minimum absolute atomic E-state index is 0.158. The zero-order valence-corrected chi connectivity index (χ0v) is 13.0. The van der Waals surface area contributed by atoms with Gasteiger partial charge in [0.25, 0.3) is 11.3 Å². The second-order valence-electron chi connectivity index (χ2n) is 5.89. The van der Waals surface area contributed by atoms with Gasteiger partial charge in [-0.25, -0.2) is 4.98 Å². The van der Waals surface area contributed by atoms with Gasteiger partial charge in [0.15, 0.2) is 0 Å². The third-order valence-electron chi connectivity index (χ3n) is 4.08. The Bertz CT molecular complexity index is 891. The summed E-state index contributed by atoms with van der Waals surface area (Å²) in [5.41, 5.74) is 1.69. The molecule has 0 atom stereocenters. The maximum absolute atomic E-state index is 12.1. The molecule has 3 aromatic rings. The topological polar surface area (TPSA) is 72.3 Å². The van der Waals surface area contributed by atoms with Gasteiger partial charge in [-0.2, -0.15) is 9.50 Å². The Morgan fingerprint density at radius 2 is 2.04 bits per heavy atom. The van der Waals surface area contributed by atoms with E-state index in [0.29, 0.717) is 17.4 Å². The van der Waals surface area contributed by atoms with Crippen LogP contribution in [-0.4, -0.2) is 19.6 Å². The predicted octanol–water partition coefficient (Wildman–Crippen LogP) is 2.44. The summed E-state index contributed by atoms with van der Waals surface area (Å²) < 4.78 is 7.11. The molecular formula is C17H18N4O2. The van der Waals surface area contributed by atoms with Gasteiger partial charge in [-0.1, -0.05) is 19.1 Å². The fourth-order valence-corrected chi connectivity index (χ4v) is 2.54. The van der Waals surface area contributed by atoms with Crippen LogP contribution in [0, 0.1) is 0 Å². The number of nitrogens with zero attached hydrogens (tertiary/aromatic N) is 3. The Labute approximate surface area is 133 Å². The lowest BCUT2D eigenvalue weighted by molar-refractivity contribution is 0.301. The first-order chi connectivity index (χ1) is 11.2. The van der Waals surface area contributed by atoms with Crippen molar-refractivity contribution in [3.05, 3.63) is 57.8 Å². The van der Waals surface area contributed by atoms with E-state index in [1.54, 1.807) is 0 Å². The van der Waals surface area contributed by atoms with Crippen molar-refractivity contribution in [2.24, 2.45) is 0 Å². The van der Waals surface area contributed by atoms with Crippen LogP contribution in [0.5, 0.6) is 5.75 Å². The van der Waals surface area contributed by atoms with Crippen molar-refractivity contribution < 1.29 is 4.74 Å². The van der Waals surface area contributed by atoms with Gasteiger partial charge in [0.1, 0.15) is 18.2 Å². The van der Waals surface area contributed by atoms with Crippen LogP contribution in [0.4, 0.5) is 0 Å². The van der Waals surface area contributed by atoms with Crippen molar-refractivity contribution in [2.75, 3.05) is 0 Å². The summed E-state index contributed by atoms with van der Waals surface area (Å²) >= 11 is 0. The zero-order valence-electron chi connectivity index (χ0n) is 13.0. The second-order valence-corrected chi connectivity index (χ2v) is 5.89. The number of H-pyrrole nitrogens is 1. The molecule has 0 unspecified atom stereocenters. The van der Waals surface area contributed by atoms with Crippen molar-refractivity contribution in [1.82, 2.24) is 19.6 Å². The highest BCUT2D eigenvalue weighted by molar-refractivity contribution is 5.30. The first kappa shape index (κ1) is 14.0. The average molecular weight is 310 g/mol. The predicted molar refractivity (Wildman–Crippen MR) is 85.7 cm³/mol. The van der Waals surface area contributed by atoms with Gasteiger partial charge >= 0.3 is 0 Å². The van der Waals surface area contributed by atoms with E-state index in [1.807, 2.05) is 24.3 Å². The van der Waals surface area contributed by atoms with E-state index in [4.69, 9.17) is 4.74 Å². The highest BCUT2D eigenvalue weighted by Crippen LogP contribution is 2.37. The summed E-state index contributed by atoms with van der Waals surface area (Å²) in [6, 6.07) is 9.43. The molecule has 1 aliphatic carbocycles. The number of aromatic amines is 1. The number of aryl methyl sites for hydroxylation is 1. The molecule has 6 nitrogen and oxygen atoms in total. The summed E-state index contributed by atoms with van der Waals surface area (Å²) in [5, 5.41) is 3.03. The quantitative estimate of drug-likeness (QED) is 0.785. The molecule has 2 heterocycles. The third kappa shape index (κ3) is 2.84. The molecule has 0 amide bonds. The first-order valence-corrected chi connectivity index (χ1v) is 7.93. The Morgan fingerprint density at radius 1 is 1.26 bits per heavy atom. The van der Waals surface area contributed by atoms with E-state index in [-0.39, 0.29) is 12.2 Å². The van der Waals surface area contributed by atoms with E-state index < -0.39 is 0 Å². The lowest BCUT2D eigenvalue weighted by Crippen LogP contribution is -2.16. The average Bonchev–Trinajstić information content (AvgIpc) is 3.33. The largest absolute Gasteiger partial charge is 0.487 e. The van der Waals surface area contributed by atoms with Gasteiger partial charge in [0.05, 0.1) is 5.69 Å². The van der Waals surface area contributed by atoms with E-state index >= 15 is 0 Å². The van der Waals surface area contributed by atoms with Crippen LogP contribution in [-0.2, 0) is 13.0 Å². The summed E-state index contributed by atoms with van der Waals surface area (Å²) in [5.74, 6) is 2.49. The molecule has 23 heavy (non-hydrogen) atoms. The van der Waals surface area contributed by atoms with E-state index in [1.165, 1.54) is 16.1 Å². The van der Waals surface area contributed by atoms with Gasteiger partial charge in [0, 0.05) is 12.0 Å². The monoisotopic (exact) mass is 310 g/mol. The first-order valence-electron chi connectivity index (χ1n) is 7.93. The Morgan fingerprint density at radius 3 is 2.74 bits per heavy atom. The smallest absolute Gasteiger partial charge is 0.274 e. The molecule has 6 heteroatoms. The fraction of sp³-hybridized carbons (Fsp3) is 0.353. The number of benzene rings is 1. The maximum Gasteiger partial charge on any atom is 0.274 e. The Hall–Kier alpha value is -2.63. The SMILES string of the molecule is CCc1ccc(OCc2cc(=O)n3[nH]c(C4CC4)nc3n2)cc1. The van der Waals surface area contributed by atoms with Crippen LogP contribution in [0.3, 0.4) is 0 Å². The van der Waals surface area contributed by atoms with Gasteiger partial charge in [-0.05, 0) is 37.0 Å². The number of fused-ring (bicyclic) bond motifs is 1. The van der Waals surface area contributed by atoms with Crippen molar-refractivity contribution in [2.45, 2.75) is 38.7 Å². The molecule has 2 aromatic heterocycles. The van der Waals surface area contributed by atoms with Crippen molar-refractivity contribution in [3.63, 3.8) is 0 Å². The van der Waals surface area contributed by atoms with Gasteiger partial charge in [0.2, 0.25) is 0 Å². The van der Waals surface area contributed by atoms with E-state index in [0.717, 1.165) is 30.8 Å². The highest BCUT2D eigenvalue weighted by atomic mass is 16.5. The lowest BCUT2D eigenvalue weighted by atomic mass is 10.2. The molecule has 0 radical (unpaired) electrons. The van der Waals surface area contributed by atoms with Gasteiger partial charge in [-0.3, -0.25) is 9.89 Å². The summed E-state index contributed by atoms with van der Waals surface area (Å²) in [7, 11) is 0. The van der Waals surface area contributed by atoms with Gasteiger partial charge in [-0.15, -0.1) is 0 Å². The molecule has 0 spiro atoms. The third-order valence-corrected chi connectivity index (χ3v) is 4.08. The minimum Gasteiger partial charge on any atom is -0.487 e. The second kappa shape index (κ2) is 5.53. The Kier molecular flexibility index (Phi) is 3.37. The van der Waals surface area contributed by atoms with Crippen molar-refractivity contribution in [3.8, 4) is 5.75 Å². The lowest BCUT2D eigenvalue weighted by Gasteiger charge is -2.06. The highest BCUT2D eigenvalue weighted by Gasteiger charge is 2.27. The molecule has 4 rings (SSSR count). The van der Waals surface area contributed by atoms with Crippen LogP contribution in [0.15, 0.2) is 35.1 Å². The number of hydrogen-bond donors (Lipinski definition) is 1. The molecule has 1 fully saturated rings. The standard InChI is InChI=1S/C17H18N4O2/c1-2-11-3-7-14(8-4-11)23-10-13-9-15(22)21-17(18-13)19-16(20-21)12-5-6-12/h3-4,7-9,12H,2,5-6,10H2,1H3,(H,18,19,20). The molecular weight excluding hydrogens is 292 g/mol.